The van der Waals surface area contributed by atoms with Crippen molar-refractivity contribution < 1.29 is 13.2 Å². The standard InChI is InChI=1S/C21H28N4O3S/c1-17-6-8-19(9-7-17)10-15-29(26,27)22-11-14-28-21-16-20(23-18(2)24-21)25-12-4-3-5-13-25/h6-10,15-16,22H,3-5,11-14H2,1-2H3. The second-order valence-electron chi connectivity index (χ2n) is 7.16. The first-order valence-corrected chi connectivity index (χ1v) is 11.4. The van der Waals surface area contributed by atoms with E-state index in [0.717, 1.165) is 42.9 Å². The molecule has 1 aromatic carbocycles. The van der Waals surface area contributed by atoms with Crippen molar-refractivity contribution in [3.63, 3.8) is 0 Å². The van der Waals surface area contributed by atoms with E-state index in [9.17, 15) is 8.42 Å². The van der Waals surface area contributed by atoms with E-state index >= 15 is 0 Å². The van der Waals surface area contributed by atoms with E-state index in [4.69, 9.17) is 4.74 Å². The predicted octanol–water partition coefficient (Wildman–Crippen LogP) is 3.05. The van der Waals surface area contributed by atoms with Gasteiger partial charge in [-0.25, -0.2) is 18.1 Å². The number of nitrogens with zero attached hydrogens (tertiary/aromatic N) is 3. The molecule has 0 atom stereocenters. The van der Waals surface area contributed by atoms with Gasteiger partial charge in [0.2, 0.25) is 15.9 Å². The number of hydrogen-bond donors (Lipinski definition) is 1. The van der Waals surface area contributed by atoms with Crippen LogP contribution in [0, 0.1) is 13.8 Å². The van der Waals surface area contributed by atoms with Crippen molar-refractivity contribution >= 4 is 21.9 Å². The Kier molecular flexibility index (Phi) is 7.22. The number of aromatic nitrogens is 2. The third-order valence-corrected chi connectivity index (χ3v) is 5.75. The number of benzene rings is 1. The summed E-state index contributed by atoms with van der Waals surface area (Å²) in [5.41, 5.74) is 1.96. The van der Waals surface area contributed by atoms with E-state index in [2.05, 4.69) is 19.6 Å². The summed E-state index contributed by atoms with van der Waals surface area (Å²) < 4.78 is 32.4. The molecule has 0 bridgehead atoms. The van der Waals surface area contributed by atoms with Gasteiger partial charge < -0.3 is 9.64 Å². The fourth-order valence-electron chi connectivity index (χ4n) is 3.12. The molecule has 156 valence electrons. The van der Waals surface area contributed by atoms with Gasteiger partial charge in [0.05, 0.1) is 0 Å². The Morgan fingerprint density at radius 3 is 2.55 bits per heavy atom. The number of rotatable bonds is 8. The molecule has 0 amide bonds. The van der Waals surface area contributed by atoms with Crippen molar-refractivity contribution in [3.05, 3.63) is 52.7 Å². The van der Waals surface area contributed by atoms with Crippen LogP contribution in [-0.2, 0) is 10.0 Å². The highest BCUT2D eigenvalue weighted by Crippen LogP contribution is 2.21. The third-order valence-electron chi connectivity index (χ3n) is 4.65. The van der Waals surface area contributed by atoms with E-state index in [1.54, 1.807) is 6.08 Å². The minimum absolute atomic E-state index is 0.155. The zero-order chi connectivity index (χ0) is 20.7. The number of nitrogens with one attached hydrogen (secondary N) is 1. The molecule has 3 rings (SSSR count). The molecule has 2 heterocycles. The Bertz CT molecular complexity index is 937. The van der Waals surface area contributed by atoms with Crippen LogP contribution in [0.25, 0.3) is 6.08 Å². The van der Waals surface area contributed by atoms with Crippen molar-refractivity contribution in [2.45, 2.75) is 33.1 Å². The first-order chi connectivity index (χ1) is 13.9. The second-order valence-corrected chi connectivity index (χ2v) is 8.81. The fraction of sp³-hybridized carbons (Fsp3) is 0.429. The van der Waals surface area contributed by atoms with Gasteiger partial charge in [-0.2, -0.15) is 4.98 Å². The maximum atomic E-state index is 12.1. The lowest BCUT2D eigenvalue weighted by atomic mass is 10.1. The number of anilines is 1. The van der Waals surface area contributed by atoms with Gasteiger partial charge >= 0.3 is 0 Å². The summed E-state index contributed by atoms with van der Waals surface area (Å²) in [6.45, 7) is 6.14. The summed E-state index contributed by atoms with van der Waals surface area (Å²) in [6, 6.07) is 9.46. The SMILES string of the molecule is Cc1ccc(C=CS(=O)(=O)NCCOc2cc(N3CCCCC3)nc(C)n2)cc1. The van der Waals surface area contributed by atoms with Crippen molar-refractivity contribution in [1.82, 2.24) is 14.7 Å². The molecule has 0 unspecified atom stereocenters. The van der Waals surface area contributed by atoms with Gasteiger partial charge in [0.25, 0.3) is 0 Å². The minimum Gasteiger partial charge on any atom is -0.476 e. The molecular weight excluding hydrogens is 388 g/mol. The van der Waals surface area contributed by atoms with Crippen molar-refractivity contribution in [2.75, 3.05) is 31.1 Å². The first-order valence-electron chi connectivity index (χ1n) is 9.89. The van der Waals surface area contributed by atoms with Gasteiger partial charge in [-0.05, 0) is 44.7 Å². The topological polar surface area (TPSA) is 84.4 Å². The van der Waals surface area contributed by atoms with Crippen LogP contribution in [0.15, 0.2) is 35.7 Å². The van der Waals surface area contributed by atoms with Gasteiger partial charge in [-0.3, -0.25) is 0 Å². The summed E-state index contributed by atoms with van der Waals surface area (Å²) >= 11 is 0. The summed E-state index contributed by atoms with van der Waals surface area (Å²) in [6.07, 6.45) is 5.15. The van der Waals surface area contributed by atoms with Crippen LogP contribution < -0.4 is 14.4 Å². The molecule has 1 aliphatic heterocycles. The summed E-state index contributed by atoms with van der Waals surface area (Å²) in [7, 11) is -3.53. The zero-order valence-corrected chi connectivity index (χ0v) is 17.8. The highest BCUT2D eigenvalue weighted by molar-refractivity contribution is 7.92. The lowest BCUT2D eigenvalue weighted by molar-refractivity contribution is 0.309. The molecule has 0 aliphatic carbocycles. The van der Waals surface area contributed by atoms with Gasteiger partial charge in [-0.15, -0.1) is 0 Å². The van der Waals surface area contributed by atoms with E-state index in [1.165, 1.54) is 11.8 Å². The molecule has 1 N–H and O–H groups in total. The predicted molar refractivity (Wildman–Crippen MR) is 115 cm³/mol. The molecular formula is C21H28N4O3S. The summed E-state index contributed by atoms with van der Waals surface area (Å²) in [4.78, 5) is 11.0. The van der Waals surface area contributed by atoms with E-state index in [0.29, 0.717) is 11.7 Å². The summed E-state index contributed by atoms with van der Waals surface area (Å²) in [5, 5.41) is 1.17. The Morgan fingerprint density at radius 1 is 1.10 bits per heavy atom. The maximum Gasteiger partial charge on any atom is 0.233 e. The third kappa shape index (κ3) is 6.83. The van der Waals surface area contributed by atoms with Gasteiger partial charge in [0.1, 0.15) is 18.2 Å². The highest BCUT2D eigenvalue weighted by atomic mass is 32.2. The molecule has 1 aromatic heterocycles. The number of sulfonamides is 1. The molecule has 1 aliphatic rings. The Hall–Kier alpha value is -2.45. The maximum absolute atomic E-state index is 12.1. The number of piperidine rings is 1. The van der Waals surface area contributed by atoms with Gasteiger partial charge in [0, 0.05) is 31.1 Å². The largest absolute Gasteiger partial charge is 0.476 e. The molecule has 0 saturated carbocycles. The van der Waals surface area contributed by atoms with Crippen molar-refractivity contribution in [3.8, 4) is 5.88 Å². The fourth-order valence-corrected chi connectivity index (χ4v) is 3.92. The van der Waals surface area contributed by atoms with Crippen LogP contribution in [0.4, 0.5) is 5.82 Å². The Morgan fingerprint density at radius 2 is 1.83 bits per heavy atom. The average Bonchev–Trinajstić information content (AvgIpc) is 2.71. The number of hydrogen-bond acceptors (Lipinski definition) is 6. The van der Waals surface area contributed by atoms with Crippen LogP contribution in [0.3, 0.4) is 0 Å². The molecule has 2 aromatic rings. The molecule has 1 saturated heterocycles. The van der Waals surface area contributed by atoms with E-state index < -0.39 is 10.0 Å². The van der Waals surface area contributed by atoms with Crippen LogP contribution >= 0.6 is 0 Å². The Labute approximate surface area is 172 Å². The summed E-state index contributed by atoms with van der Waals surface area (Å²) in [5.74, 6) is 1.98. The van der Waals surface area contributed by atoms with Gasteiger partial charge in [0.15, 0.2) is 0 Å². The monoisotopic (exact) mass is 416 g/mol. The zero-order valence-electron chi connectivity index (χ0n) is 17.0. The average molecular weight is 417 g/mol. The van der Waals surface area contributed by atoms with E-state index in [1.807, 2.05) is 44.2 Å². The van der Waals surface area contributed by atoms with Crippen molar-refractivity contribution in [2.24, 2.45) is 0 Å². The van der Waals surface area contributed by atoms with Crippen molar-refractivity contribution in [1.29, 1.82) is 0 Å². The van der Waals surface area contributed by atoms with Crippen LogP contribution in [0.1, 0.15) is 36.2 Å². The quantitative estimate of drug-likeness (QED) is 0.666. The van der Waals surface area contributed by atoms with Gasteiger partial charge in [-0.1, -0.05) is 29.8 Å². The molecule has 1 fully saturated rings. The molecule has 0 spiro atoms. The highest BCUT2D eigenvalue weighted by Gasteiger charge is 2.14. The van der Waals surface area contributed by atoms with Crippen LogP contribution in [-0.4, -0.2) is 44.6 Å². The Balaban J connectivity index is 1.50. The van der Waals surface area contributed by atoms with Crippen LogP contribution in [0.2, 0.25) is 0 Å². The molecule has 8 heteroatoms. The number of aryl methyl sites for hydroxylation is 2. The molecule has 29 heavy (non-hydrogen) atoms. The smallest absolute Gasteiger partial charge is 0.233 e. The second kappa shape index (κ2) is 9.84. The van der Waals surface area contributed by atoms with Crippen LogP contribution in [0.5, 0.6) is 5.88 Å². The molecule has 7 nitrogen and oxygen atoms in total. The lowest BCUT2D eigenvalue weighted by Gasteiger charge is -2.28. The van der Waals surface area contributed by atoms with E-state index in [-0.39, 0.29) is 13.2 Å². The molecule has 0 radical (unpaired) electrons. The normalized spacial score (nSPS) is 15.0. The minimum atomic E-state index is -3.53. The lowest BCUT2D eigenvalue weighted by Crippen LogP contribution is -2.30. The first kappa shape index (κ1) is 21.3. The number of ether oxygens (including phenoxy) is 1.